The Labute approximate surface area is 104 Å². The second-order valence-electron chi connectivity index (χ2n) is 4.33. The number of carbonyl (C=O) groups is 2. The number of anilines is 1. The van der Waals surface area contributed by atoms with Gasteiger partial charge in [0.1, 0.15) is 5.82 Å². The van der Waals surface area contributed by atoms with Gasteiger partial charge in [-0.1, -0.05) is 6.07 Å². The highest BCUT2D eigenvalue weighted by molar-refractivity contribution is 6.02. The smallest absolute Gasteiger partial charge is 0.246 e. The lowest BCUT2D eigenvalue weighted by Crippen LogP contribution is -2.51. The molecule has 0 aliphatic carbocycles. The predicted octanol–water partition coefficient (Wildman–Crippen LogP) is 0.308. The lowest BCUT2D eigenvalue weighted by atomic mass is 10.1. The van der Waals surface area contributed by atoms with Crippen LogP contribution in [0.2, 0.25) is 0 Å². The van der Waals surface area contributed by atoms with Gasteiger partial charge >= 0.3 is 0 Å². The fraction of sp³-hybridized carbons (Fsp3) is 0.333. The number of halogens is 1. The molecule has 1 fully saturated rings. The molecule has 0 unspecified atom stereocenters. The van der Waals surface area contributed by atoms with Crippen LogP contribution < -0.4 is 16.0 Å². The van der Waals surface area contributed by atoms with E-state index in [2.05, 4.69) is 5.32 Å². The standard InChI is InChI=1S/C12H14FN3O2/c1-7(14)8-2-3-10(9(13)4-8)16-5-11(17)15-12(18)6-16/h2-4,7H,5-6,14H2,1H3,(H,15,17,18)/t7-/m1/s1. The maximum Gasteiger partial charge on any atom is 0.246 e. The van der Waals surface area contributed by atoms with Gasteiger partial charge in [-0.15, -0.1) is 0 Å². The zero-order valence-corrected chi connectivity index (χ0v) is 9.94. The number of nitrogens with one attached hydrogen (secondary N) is 1. The number of nitrogens with zero attached hydrogens (tertiary/aromatic N) is 1. The molecule has 18 heavy (non-hydrogen) atoms. The number of imide groups is 1. The van der Waals surface area contributed by atoms with Crippen LogP contribution in [0.15, 0.2) is 18.2 Å². The van der Waals surface area contributed by atoms with Gasteiger partial charge in [-0.2, -0.15) is 0 Å². The van der Waals surface area contributed by atoms with E-state index in [1.807, 2.05) is 0 Å². The fourth-order valence-corrected chi connectivity index (χ4v) is 1.87. The number of hydrogen-bond acceptors (Lipinski definition) is 4. The Morgan fingerprint density at radius 2 is 1.94 bits per heavy atom. The highest BCUT2D eigenvalue weighted by Crippen LogP contribution is 2.23. The molecule has 0 aromatic heterocycles. The van der Waals surface area contributed by atoms with Gasteiger partial charge in [-0.3, -0.25) is 14.9 Å². The van der Waals surface area contributed by atoms with Crippen molar-refractivity contribution in [3.8, 4) is 0 Å². The lowest BCUT2D eigenvalue weighted by Gasteiger charge is -2.28. The lowest BCUT2D eigenvalue weighted by molar-refractivity contribution is -0.130. The topological polar surface area (TPSA) is 75.4 Å². The molecule has 1 aliphatic rings. The van der Waals surface area contributed by atoms with Crippen LogP contribution in [0.1, 0.15) is 18.5 Å². The van der Waals surface area contributed by atoms with Crippen LogP contribution in [-0.4, -0.2) is 24.9 Å². The van der Waals surface area contributed by atoms with E-state index in [1.54, 1.807) is 19.1 Å². The molecular formula is C12H14FN3O2. The second kappa shape index (κ2) is 4.73. The molecule has 0 bridgehead atoms. The summed E-state index contributed by atoms with van der Waals surface area (Å²) in [6.07, 6.45) is 0. The number of carbonyl (C=O) groups excluding carboxylic acids is 2. The van der Waals surface area contributed by atoms with E-state index >= 15 is 0 Å². The summed E-state index contributed by atoms with van der Waals surface area (Å²) in [5.74, 6) is -1.34. The second-order valence-corrected chi connectivity index (χ2v) is 4.33. The predicted molar refractivity (Wildman–Crippen MR) is 64.4 cm³/mol. The van der Waals surface area contributed by atoms with Gasteiger partial charge in [0, 0.05) is 6.04 Å². The Bertz CT molecular complexity index is 486. The molecule has 2 rings (SSSR count). The molecule has 5 nitrogen and oxygen atoms in total. The van der Waals surface area contributed by atoms with Crippen molar-refractivity contribution in [2.24, 2.45) is 5.73 Å². The van der Waals surface area contributed by atoms with Crippen molar-refractivity contribution in [1.29, 1.82) is 0 Å². The van der Waals surface area contributed by atoms with Crippen LogP contribution in [0.3, 0.4) is 0 Å². The third-order valence-corrected chi connectivity index (χ3v) is 2.79. The van der Waals surface area contributed by atoms with E-state index < -0.39 is 17.6 Å². The van der Waals surface area contributed by atoms with Gasteiger partial charge in [0.05, 0.1) is 18.8 Å². The van der Waals surface area contributed by atoms with E-state index in [4.69, 9.17) is 5.73 Å². The molecule has 1 heterocycles. The third-order valence-electron chi connectivity index (χ3n) is 2.79. The molecular weight excluding hydrogens is 237 g/mol. The van der Waals surface area contributed by atoms with Crippen molar-refractivity contribution in [1.82, 2.24) is 5.32 Å². The SMILES string of the molecule is C[C@@H](N)c1ccc(N2CC(=O)NC(=O)C2)c(F)c1. The molecule has 96 valence electrons. The first-order chi connectivity index (χ1) is 8.47. The van der Waals surface area contributed by atoms with Gasteiger partial charge in [0.15, 0.2) is 0 Å². The summed E-state index contributed by atoms with van der Waals surface area (Å²) in [7, 11) is 0. The summed E-state index contributed by atoms with van der Waals surface area (Å²) in [5.41, 5.74) is 6.57. The third kappa shape index (κ3) is 2.48. The molecule has 6 heteroatoms. The number of amides is 2. The van der Waals surface area contributed by atoms with Crippen molar-refractivity contribution in [3.63, 3.8) is 0 Å². The summed E-state index contributed by atoms with van der Waals surface area (Å²) in [5, 5.41) is 2.17. The largest absolute Gasteiger partial charge is 0.351 e. The van der Waals surface area contributed by atoms with Gasteiger partial charge in [0.2, 0.25) is 11.8 Å². The van der Waals surface area contributed by atoms with Gasteiger partial charge < -0.3 is 10.6 Å². The number of hydrogen-bond donors (Lipinski definition) is 2. The molecule has 2 amide bonds. The van der Waals surface area contributed by atoms with Crippen molar-refractivity contribution in [3.05, 3.63) is 29.6 Å². The highest BCUT2D eigenvalue weighted by atomic mass is 19.1. The normalized spacial score (nSPS) is 17.6. The summed E-state index contributed by atoms with van der Waals surface area (Å²) >= 11 is 0. The molecule has 1 atom stereocenters. The molecule has 0 spiro atoms. The monoisotopic (exact) mass is 251 g/mol. The number of nitrogens with two attached hydrogens (primary N) is 1. The summed E-state index contributed by atoms with van der Waals surface area (Å²) < 4.78 is 13.9. The Morgan fingerprint density at radius 3 is 2.44 bits per heavy atom. The average molecular weight is 251 g/mol. The van der Waals surface area contributed by atoms with Crippen LogP contribution in [0.5, 0.6) is 0 Å². The first-order valence-electron chi connectivity index (χ1n) is 5.60. The Balaban J connectivity index is 2.28. The Morgan fingerprint density at radius 1 is 1.33 bits per heavy atom. The summed E-state index contributed by atoms with van der Waals surface area (Å²) in [4.78, 5) is 23.9. The minimum Gasteiger partial charge on any atom is -0.351 e. The van der Waals surface area contributed by atoms with E-state index in [-0.39, 0.29) is 24.8 Å². The van der Waals surface area contributed by atoms with Crippen LogP contribution in [0.25, 0.3) is 0 Å². The average Bonchev–Trinajstić information content (AvgIpc) is 2.27. The number of benzene rings is 1. The molecule has 1 aromatic rings. The molecule has 0 saturated carbocycles. The van der Waals surface area contributed by atoms with Gasteiger partial charge in [-0.25, -0.2) is 4.39 Å². The molecule has 1 aliphatic heterocycles. The molecule has 1 aromatic carbocycles. The van der Waals surface area contributed by atoms with Crippen molar-refractivity contribution >= 4 is 17.5 Å². The van der Waals surface area contributed by atoms with Crippen LogP contribution in [0.4, 0.5) is 10.1 Å². The first kappa shape index (κ1) is 12.5. The van der Waals surface area contributed by atoms with E-state index in [0.717, 1.165) is 0 Å². The molecule has 0 radical (unpaired) electrons. The van der Waals surface area contributed by atoms with Crippen molar-refractivity contribution in [2.75, 3.05) is 18.0 Å². The van der Waals surface area contributed by atoms with Crippen molar-refractivity contribution in [2.45, 2.75) is 13.0 Å². The fourth-order valence-electron chi connectivity index (χ4n) is 1.87. The quantitative estimate of drug-likeness (QED) is 0.742. The number of rotatable bonds is 2. The Hall–Kier alpha value is -1.95. The van der Waals surface area contributed by atoms with Gasteiger partial charge in [0.25, 0.3) is 0 Å². The summed E-state index contributed by atoms with van der Waals surface area (Å²) in [6.45, 7) is 1.70. The molecule has 1 saturated heterocycles. The maximum absolute atomic E-state index is 13.9. The van der Waals surface area contributed by atoms with Crippen molar-refractivity contribution < 1.29 is 14.0 Å². The minimum absolute atomic E-state index is 0.0276. The number of piperazine rings is 1. The van der Waals surface area contributed by atoms with Gasteiger partial charge in [-0.05, 0) is 24.6 Å². The van der Waals surface area contributed by atoms with Crippen LogP contribution >= 0.6 is 0 Å². The van der Waals surface area contributed by atoms with Crippen LogP contribution in [-0.2, 0) is 9.59 Å². The zero-order chi connectivity index (χ0) is 13.3. The highest BCUT2D eigenvalue weighted by Gasteiger charge is 2.24. The first-order valence-corrected chi connectivity index (χ1v) is 5.60. The van der Waals surface area contributed by atoms with E-state index in [1.165, 1.54) is 11.0 Å². The summed E-state index contributed by atoms with van der Waals surface area (Å²) in [6, 6.07) is 4.30. The minimum atomic E-state index is -0.479. The Kier molecular flexibility index (Phi) is 3.29. The van der Waals surface area contributed by atoms with E-state index in [0.29, 0.717) is 5.56 Å². The maximum atomic E-state index is 13.9. The zero-order valence-electron chi connectivity index (χ0n) is 9.94. The van der Waals surface area contributed by atoms with E-state index in [9.17, 15) is 14.0 Å². The molecule has 3 N–H and O–H groups in total. The van der Waals surface area contributed by atoms with Crippen LogP contribution in [0, 0.1) is 5.82 Å².